The van der Waals surface area contributed by atoms with Crippen molar-refractivity contribution in [2.24, 2.45) is 0 Å². The highest BCUT2D eigenvalue weighted by Crippen LogP contribution is 2.12. The van der Waals surface area contributed by atoms with Gasteiger partial charge in [-0.3, -0.25) is 9.59 Å². The molecule has 0 spiro atoms. The van der Waals surface area contributed by atoms with E-state index in [9.17, 15) is 22.8 Å². The summed E-state index contributed by atoms with van der Waals surface area (Å²) < 4.78 is 38.7. The van der Waals surface area contributed by atoms with Crippen LogP contribution in [0.15, 0.2) is 42.5 Å². The fourth-order valence-electron chi connectivity index (χ4n) is 1.67. The summed E-state index contributed by atoms with van der Waals surface area (Å²) in [4.78, 5) is 23.3. The predicted molar refractivity (Wildman–Crippen MR) is 73.7 cm³/mol. The minimum absolute atomic E-state index is 0.0592. The maximum atomic E-state index is 13.0. The zero-order chi connectivity index (χ0) is 16.1. The summed E-state index contributed by atoms with van der Waals surface area (Å²) in [5.74, 6) is -3.95. The molecule has 0 unspecified atom stereocenters. The number of hydrogen-bond donors (Lipinski definition) is 2. The SMILES string of the molecule is O=C(CNC(=O)c1cccc(F)c1)Nc1ccc(F)c(F)c1. The topological polar surface area (TPSA) is 58.2 Å². The van der Waals surface area contributed by atoms with Gasteiger partial charge in [0, 0.05) is 17.3 Å². The Kier molecular flexibility index (Phi) is 4.77. The van der Waals surface area contributed by atoms with Gasteiger partial charge in [-0.1, -0.05) is 6.07 Å². The molecule has 2 rings (SSSR count). The van der Waals surface area contributed by atoms with E-state index in [2.05, 4.69) is 10.6 Å². The normalized spacial score (nSPS) is 10.1. The zero-order valence-corrected chi connectivity index (χ0v) is 11.2. The maximum Gasteiger partial charge on any atom is 0.251 e. The quantitative estimate of drug-likeness (QED) is 0.911. The van der Waals surface area contributed by atoms with Crippen LogP contribution in [-0.4, -0.2) is 18.4 Å². The summed E-state index contributed by atoms with van der Waals surface area (Å²) in [6, 6.07) is 7.86. The number of carbonyl (C=O) groups is 2. The van der Waals surface area contributed by atoms with E-state index in [1.807, 2.05) is 0 Å². The summed E-state index contributed by atoms with van der Waals surface area (Å²) in [7, 11) is 0. The van der Waals surface area contributed by atoms with Gasteiger partial charge in [0.1, 0.15) is 5.82 Å². The van der Waals surface area contributed by atoms with Crippen LogP contribution in [0.4, 0.5) is 18.9 Å². The molecule has 0 radical (unpaired) electrons. The lowest BCUT2D eigenvalue weighted by molar-refractivity contribution is -0.115. The van der Waals surface area contributed by atoms with Crippen molar-refractivity contribution in [1.29, 1.82) is 0 Å². The molecule has 0 aromatic heterocycles. The molecule has 0 aliphatic rings. The molecule has 0 bridgehead atoms. The van der Waals surface area contributed by atoms with Crippen molar-refractivity contribution in [2.45, 2.75) is 0 Å². The molecule has 0 aliphatic carbocycles. The van der Waals surface area contributed by atoms with Crippen LogP contribution in [0.1, 0.15) is 10.4 Å². The lowest BCUT2D eigenvalue weighted by Gasteiger charge is -2.07. The molecule has 2 aromatic carbocycles. The molecule has 0 aliphatic heterocycles. The molecular formula is C15H11F3N2O2. The second-order valence-electron chi connectivity index (χ2n) is 4.37. The van der Waals surface area contributed by atoms with E-state index in [1.165, 1.54) is 24.3 Å². The molecule has 4 nitrogen and oxygen atoms in total. The van der Waals surface area contributed by atoms with Gasteiger partial charge in [0.2, 0.25) is 5.91 Å². The van der Waals surface area contributed by atoms with Crippen molar-refractivity contribution in [1.82, 2.24) is 5.32 Å². The summed E-state index contributed by atoms with van der Waals surface area (Å²) >= 11 is 0. The Labute approximate surface area is 124 Å². The molecule has 2 amide bonds. The average molecular weight is 308 g/mol. The van der Waals surface area contributed by atoms with Gasteiger partial charge in [-0.2, -0.15) is 0 Å². The van der Waals surface area contributed by atoms with Gasteiger partial charge in [-0.15, -0.1) is 0 Å². The van der Waals surface area contributed by atoms with Gasteiger partial charge in [-0.25, -0.2) is 13.2 Å². The van der Waals surface area contributed by atoms with Crippen LogP contribution in [0.2, 0.25) is 0 Å². The number of nitrogens with one attached hydrogen (secondary N) is 2. The number of halogens is 3. The van der Waals surface area contributed by atoms with E-state index in [1.54, 1.807) is 0 Å². The smallest absolute Gasteiger partial charge is 0.251 e. The first-order valence-corrected chi connectivity index (χ1v) is 6.24. The number of amides is 2. The maximum absolute atomic E-state index is 13.0. The van der Waals surface area contributed by atoms with Gasteiger partial charge >= 0.3 is 0 Å². The average Bonchev–Trinajstić information content (AvgIpc) is 2.48. The minimum Gasteiger partial charge on any atom is -0.343 e. The van der Waals surface area contributed by atoms with Crippen LogP contribution in [0.25, 0.3) is 0 Å². The molecule has 0 saturated carbocycles. The van der Waals surface area contributed by atoms with Crippen molar-refractivity contribution in [3.8, 4) is 0 Å². The Bertz CT molecular complexity index is 720. The summed E-state index contributed by atoms with van der Waals surface area (Å²) in [6.45, 7) is -0.395. The van der Waals surface area contributed by atoms with E-state index in [0.29, 0.717) is 0 Å². The van der Waals surface area contributed by atoms with Crippen molar-refractivity contribution in [2.75, 3.05) is 11.9 Å². The zero-order valence-electron chi connectivity index (χ0n) is 11.2. The third-order valence-corrected chi connectivity index (χ3v) is 2.70. The molecule has 0 saturated heterocycles. The van der Waals surface area contributed by atoms with Crippen molar-refractivity contribution in [3.05, 3.63) is 65.5 Å². The lowest BCUT2D eigenvalue weighted by atomic mass is 10.2. The number of anilines is 1. The van der Waals surface area contributed by atoms with Gasteiger partial charge < -0.3 is 10.6 Å². The Morgan fingerprint density at radius 1 is 0.955 bits per heavy atom. The molecule has 2 N–H and O–H groups in total. The Morgan fingerprint density at radius 2 is 1.73 bits per heavy atom. The monoisotopic (exact) mass is 308 g/mol. The van der Waals surface area contributed by atoms with E-state index < -0.39 is 35.8 Å². The van der Waals surface area contributed by atoms with Gasteiger partial charge in [-0.05, 0) is 30.3 Å². The van der Waals surface area contributed by atoms with Crippen LogP contribution in [0.5, 0.6) is 0 Å². The van der Waals surface area contributed by atoms with E-state index in [0.717, 1.165) is 18.2 Å². The van der Waals surface area contributed by atoms with E-state index in [4.69, 9.17) is 0 Å². The third-order valence-electron chi connectivity index (χ3n) is 2.70. The second-order valence-corrected chi connectivity index (χ2v) is 4.37. The molecular weight excluding hydrogens is 297 g/mol. The van der Waals surface area contributed by atoms with Crippen LogP contribution >= 0.6 is 0 Å². The Balaban J connectivity index is 1.90. The standard InChI is InChI=1S/C15H11F3N2O2/c16-10-3-1-2-9(6-10)15(22)19-8-14(21)20-11-4-5-12(17)13(18)7-11/h1-7H,8H2,(H,19,22)(H,20,21). The fraction of sp³-hybridized carbons (Fsp3) is 0.0667. The van der Waals surface area contributed by atoms with Gasteiger partial charge in [0.25, 0.3) is 5.91 Å². The van der Waals surface area contributed by atoms with Crippen molar-refractivity contribution >= 4 is 17.5 Å². The molecule has 114 valence electrons. The van der Waals surface area contributed by atoms with Crippen molar-refractivity contribution in [3.63, 3.8) is 0 Å². The predicted octanol–water partition coefficient (Wildman–Crippen LogP) is 2.47. The van der Waals surface area contributed by atoms with Crippen LogP contribution in [0, 0.1) is 17.5 Å². The molecule has 0 atom stereocenters. The lowest BCUT2D eigenvalue weighted by Crippen LogP contribution is -2.32. The molecule has 0 heterocycles. The molecule has 7 heteroatoms. The molecule has 0 fully saturated rings. The number of benzene rings is 2. The minimum atomic E-state index is -1.10. The molecule has 22 heavy (non-hydrogen) atoms. The highest BCUT2D eigenvalue weighted by molar-refractivity contribution is 5.99. The highest BCUT2D eigenvalue weighted by Gasteiger charge is 2.10. The van der Waals surface area contributed by atoms with E-state index in [-0.39, 0.29) is 11.3 Å². The largest absolute Gasteiger partial charge is 0.343 e. The number of hydrogen-bond acceptors (Lipinski definition) is 2. The first kappa shape index (κ1) is 15.6. The summed E-state index contributed by atoms with van der Waals surface area (Å²) in [5, 5.41) is 4.58. The fourth-order valence-corrected chi connectivity index (χ4v) is 1.67. The van der Waals surface area contributed by atoms with Crippen LogP contribution in [-0.2, 0) is 4.79 Å². The van der Waals surface area contributed by atoms with E-state index >= 15 is 0 Å². The number of rotatable bonds is 4. The summed E-state index contributed by atoms with van der Waals surface area (Å²) in [6.07, 6.45) is 0. The summed E-state index contributed by atoms with van der Waals surface area (Å²) in [5.41, 5.74) is 0.129. The Hall–Kier alpha value is -2.83. The van der Waals surface area contributed by atoms with Crippen LogP contribution < -0.4 is 10.6 Å². The molecule has 2 aromatic rings. The Morgan fingerprint density at radius 3 is 2.41 bits per heavy atom. The van der Waals surface area contributed by atoms with Gasteiger partial charge in [0.15, 0.2) is 11.6 Å². The van der Waals surface area contributed by atoms with Gasteiger partial charge in [0.05, 0.1) is 6.54 Å². The highest BCUT2D eigenvalue weighted by atomic mass is 19.2. The first-order valence-electron chi connectivity index (χ1n) is 6.24. The third kappa shape index (κ3) is 4.08. The number of carbonyl (C=O) groups excluding carboxylic acids is 2. The first-order chi connectivity index (χ1) is 10.5. The van der Waals surface area contributed by atoms with Crippen LogP contribution in [0.3, 0.4) is 0 Å². The van der Waals surface area contributed by atoms with Crippen molar-refractivity contribution < 1.29 is 22.8 Å². The second kappa shape index (κ2) is 6.75.